The van der Waals surface area contributed by atoms with Crippen molar-refractivity contribution in [3.63, 3.8) is 0 Å². The lowest BCUT2D eigenvalue weighted by Gasteiger charge is -2.11. The van der Waals surface area contributed by atoms with Crippen molar-refractivity contribution in [1.82, 2.24) is 9.55 Å². The van der Waals surface area contributed by atoms with E-state index in [-0.39, 0.29) is 0 Å². The Morgan fingerprint density at radius 2 is 1.48 bits per heavy atom. The molecule has 0 aliphatic carbocycles. The third kappa shape index (κ3) is 3.72. The fraction of sp³-hybridized carbons (Fsp3) is 0.115. The molecular weight excluding hydrogens is 356 g/mol. The van der Waals surface area contributed by atoms with Crippen molar-refractivity contribution >= 4 is 21.8 Å². The van der Waals surface area contributed by atoms with Gasteiger partial charge in [0.1, 0.15) is 18.2 Å². The van der Waals surface area contributed by atoms with Gasteiger partial charge in [0.25, 0.3) is 0 Å². The molecular formula is C26H22N2O. The normalized spacial score (nSPS) is 11.2. The first-order valence-electron chi connectivity index (χ1n) is 9.96. The van der Waals surface area contributed by atoms with E-state index in [2.05, 4.69) is 89.5 Å². The van der Waals surface area contributed by atoms with E-state index in [0.717, 1.165) is 35.6 Å². The molecule has 0 saturated heterocycles. The van der Waals surface area contributed by atoms with Crippen LogP contribution in [0.15, 0.2) is 97.1 Å². The molecule has 1 aromatic heterocycles. The predicted molar refractivity (Wildman–Crippen MR) is 118 cm³/mol. The van der Waals surface area contributed by atoms with Crippen molar-refractivity contribution in [3.8, 4) is 5.75 Å². The first-order valence-corrected chi connectivity index (χ1v) is 9.96. The Bertz CT molecular complexity index is 1260. The number of benzene rings is 4. The van der Waals surface area contributed by atoms with Crippen LogP contribution in [0.5, 0.6) is 5.75 Å². The van der Waals surface area contributed by atoms with Gasteiger partial charge < -0.3 is 9.30 Å². The molecule has 0 unspecified atom stereocenters. The summed E-state index contributed by atoms with van der Waals surface area (Å²) in [5.74, 6) is 1.82. The summed E-state index contributed by atoms with van der Waals surface area (Å²) in [7, 11) is 0. The third-order valence-electron chi connectivity index (χ3n) is 5.29. The Kier molecular flexibility index (Phi) is 4.71. The molecule has 3 nitrogen and oxygen atoms in total. The van der Waals surface area contributed by atoms with Crippen LogP contribution in [0, 0.1) is 0 Å². The lowest BCUT2D eigenvalue weighted by molar-refractivity contribution is 0.290. The highest BCUT2D eigenvalue weighted by molar-refractivity contribution is 5.83. The van der Waals surface area contributed by atoms with E-state index in [4.69, 9.17) is 9.72 Å². The zero-order valence-electron chi connectivity index (χ0n) is 16.2. The van der Waals surface area contributed by atoms with Crippen LogP contribution in [0.25, 0.3) is 21.8 Å². The highest BCUT2D eigenvalue weighted by Gasteiger charge is 2.11. The summed E-state index contributed by atoms with van der Waals surface area (Å²) in [5, 5.41) is 2.40. The lowest BCUT2D eigenvalue weighted by atomic mass is 10.1. The van der Waals surface area contributed by atoms with Crippen molar-refractivity contribution in [2.45, 2.75) is 19.6 Å². The topological polar surface area (TPSA) is 27.1 Å². The van der Waals surface area contributed by atoms with Gasteiger partial charge >= 0.3 is 0 Å². The van der Waals surface area contributed by atoms with Crippen LogP contribution in [0.1, 0.15) is 11.4 Å². The zero-order valence-corrected chi connectivity index (χ0v) is 16.2. The number of nitrogens with zero attached hydrogens (tertiary/aromatic N) is 2. The molecule has 0 N–H and O–H groups in total. The SMILES string of the molecule is c1ccc(CCn2c(COc3ccc4ccccc4c3)nc3ccccc32)cc1. The molecule has 5 rings (SSSR count). The monoisotopic (exact) mass is 378 g/mol. The molecule has 3 heteroatoms. The maximum Gasteiger partial charge on any atom is 0.148 e. The molecule has 1 heterocycles. The van der Waals surface area contributed by atoms with E-state index >= 15 is 0 Å². The van der Waals surface area contributed by atoms with E-state index in [1.807, 2.05) is 12.1 Å². The van der Waals surface area contributed by atoms with Gasteiger partial charge in [0.2, 0.25) is 0 Å². The van der Waals surface area contributed by atoms with E-state index in [0.29, 0.717) is 6.61 Å². The molecule has 0 radical (unpaired) electrons. The average Bonchev–Trinajstić information content (AvgIpc) is 3.14. The minimum absolute atomic E-state index is 0.446. The van der Waals surface area contributed by atoms with Gasteiger partial charge in [-0.2, -0.15) is 0 Å². The van der Waals surface area contributed by atoms with Gasteiger partial charge in [-0.1, -0.05) is 72.8 Å². The number of para-hydroxylation sites is 2. The number of hydrogen-bond acceptors (Lipinski definition) is 2. The predicted octanol–water partition coefficient (Wildman–Crippen LogP) is 6.01. The van der Waals surface area contributed by atoms with Crippen LogP contribution in [0.4, 0.5) is 0 Å². The Morgan fingerprint density at radius 1 is 0.724 bits per heavy atom. The first kappa shape index (κ1) is 17.5. The molecule has 29 heavy (non-hydrogen) atoms. The van der Waals surface area contributed by atoms with Crippen molar-refractivity contribution in [2.24, 2.45) is 0 Å². The largest absolute Gasteiger partial charge is 0.486 e. The number of rotatable bonds is 6. The van der Waals surface area contributed by atoms with Gasteiger partial charge in [0.15, 0.2) is 0 Å². The summed E-state index contributed by atoms with van der Waals surface area (Å²) >= 11 is 0. The van der Waals surface area contributed by atoms with Gasteiger partial charge in [-0.3, -0.25) is 0 Å². The number of ether oxygens (including phenoxy) is 1. The highest BCUT2D eigenvalue weighted by atomic mass is 16.5. The van der Waals surface area contributed by atoms with E-state index in [1.54, 1.807) is 0 Å². The molecule has 4 aromatic carbocycles. The third-order valence-corrected chi connectivity index (χ3v) is 5.29. The number of imidazole rings is 1. The summed E-state index contributed by atoms with van der Waals surface area (Å²) in [4.78, 5) is 4.84. The van der Waals surface area contributed by atoms with E-state index in [1.165, 1.54) is 16.3 Å². The Labute approximate surface area is 170 Å². The summed E-state index contributed by atoms with van der Waals surface area (Å²) < 4.78 is 8.42. The minimum Gasteiger partial charge on any atom is -0.486 e. The van der Waals surface area contributed by atoms with Crippen LogP contribution in [0.2, 0.25) is 0 Å². The summed E-state index contributed by atoms with van der Waals surface area (Å²) in [6, 6.07) is 33.4. The summed E-state index contributed by atoms with van der Waals surface area (Å²) in [6.45, 7) is 1.32. The van der Waals surface area contributed by atoms with Crippen LogP contribution in [0.3, 0.4) is 0 Å². The smallest absolute Gasteiger partial charge is 0.148 e. The van der Waals surface area contributed by atoms with Gasteiger partial charge in [0.05, 0.1) is 11.0 Å². The molecule has 0 fully saturated rings. The highest BCUT2D eigenvalue weighted by Crippen LogP contribution is 2.23. The van der Waals surface area contributed by atoms with Gasteiger partial charge in [-0.05, 0) is 47.0 Å². The van der Waals surface area contributed by atoms with Crippen molar-refractivity contribution in [2.75, 3.05) is 0 Å². The molecule has 5 aromatic rings. The quantitative estimate of drug-likeness (QED) is 0.362. The number of fused-ring (bicyclic) bond motifs is 2. The minimum atomic E-state index is 0.446. The molecule has 0 atom stereocenters. The van der Waals surface area contributed by atoms with Crippen LogP contribution < -0.4 is 4.74 Å². The second-order valence-electron chi connectivity index (χ2n) is 7.20. The molecule has 0 spiro atoms. The second-order valence-corrected chi connectivity index (χ2v) is 7.20. The molecule has 0 amide bonds. The maximum absolute atomic E-state index is 6.14. The van der Waals surface area contributed by atoms with Gasteiger partial charge in [-0.15, -0.1) is 0 Å². The fourth-order valence-electron chi connectivity index (χ4n) is 3.78. The summed E-state index contributed by atoms with van der Waals surface area (Å²) in [5.41, 5.74) is 3.49. The molecule has 0 saturated carbocycles. The maximum atomic E-state index is 6.14. The lowest BCUT2D eigenvalue weighted by Crippen LogP contribution is -2.09. The molecule has 0 aliphatic heterocycles. The first-order chi connectivity index (χ1) is 14.4. The van der Waals surface area contributed by atoms with Crippen LogP contribution in [-0.4, -0.2) is 9.55 Å². The van der Waals surface area contributed by atoms with Crippen molar-refractivity contribution in [3.05, 3.63) is 108 Å². The fourth-order valence-corrected chi connectivity index (χ4v) is 3.78. The Balaban J connectivity index is 1.41. The van der Waals surface area contributed by atoms with E-state index < -0.39 is 0 Å². The van der Waals surface area contributed by atoms with Gasteiger partial charge in [0, 0.05) is 6.54 Å². The second kappa shape index (κ2) is 7.80. The molecule has 0 aliphatic rings. The van der Waals surface area contributed by atoms with Gasteiger partial charge in [-0.25, -0.2) is 4.98 Å². The standard InChI is InChI=1S/C26H22N2O/c1-2-8-20(9-3-1)16-17-28-25-13-7-6-12-24(25)27-26(28)19-29-23-15-14-21-10-4-5-11-22(21)18-23/h1-15,18H,16-17,19H2. The number of aromatic nitrogens is 2. The van der Waals surface area contributed by atoms with Crippen molar-refractivity contribution in [1.29, 1.82) is 0 Å². The Morgan fingerprint density at radius 3 is 2.38 bits per heavy atom. The van der Waals surface area contributed by atoms with E-state index in [9.17, 15) is 0 Å². The van der Waals surface area contributed by atoms with Crippen LogP contribution >= 0.6 is 0 Å². The zero-order chi connectivity index (χ0) is 19.5. The average molecular weight is 378 g/mol. The number of hydrogen-bond donors (Lipinski definition) is 0. The molecule has 142 valence electrons. The Hall–Kier alpha value is -3.59. The van der Waals surface area contributed by atoms with Crippen LogP contribution in [-0.2, 0) is 19.6 Å². The van der Waals surface area contributed by atoms with Crippen molar-refractivity contribution < 1.29 is 4.74 Å². The summed E-state index contributed by atoms with van der Waals surface area (Å²) in [6.07, 6.45) is 0.962. The molecule has 0 bridgehead atoms. The number of aryl methyl sites for hydroxylation is 2.